The standard InChI is InChI=1S/C17H27N3O3.HI/c1-22-14-6-5-13(11-15(14)23-2)7-10-19-16(18)20-12-17(21)8-3-4-9-17;/h5-6,11,21H,3-4,7-10,12H2,1-2H3,(H3,18,19,20);1H. The molecule has 0 radical (unpaired) electrons. The zero-order valence-electron chi connectivity index (χ0n) is 14.4. The van der Waals surface area contributed by atoms with Gasteiger partial charge < -0.3 is 25.6 Å². The number of nitrogens with two attached hydrogens (primary N) is 1. The number of hydrogen-bond acceptors (Lipinski definition) is 4. The van der Waals surface area contributed by atoms with Crippen molar-refractivity contribution in [3.8, 4) is 11.5 Å². The lowest BCUT2D eigenvalue weighted by Gasteiger charge is -2.19. The van der Waals surface area contributed by atoms with Crippen LogP contribution in [0.3, 0.4) is 0 Å². The molecule has 0 aromatic heterocycles. The lowest BCUT2D eigenvalue weighted by atomic mass is 10.0. The van der Waals surface area contributed by atoms with E-state index >= 15 is 0 Å². The maximum absolute atomic E-state index is 10.2. The molecule has 1 aliphatic carbocycles. The molecule has 24 heavy (non-hydrogen) atoms. The monoisotopic (exact) mass is 449 g/mol. The summed E-state index contributed by atoms with van der Waals surface area (Å²) >= 11 is 0. The van der Waals surface area contributed by atoms with Gasteiger partial charge in [0.1, 0.15) is 0 Å². The normalized spacial score (nSPS) is 16.4. The van der Waals surface area contributed by atoms with Crippen LogP contribution in [-0.2, 0) is 6.42 Å². The van der Waals surface area contributed by atoms with Crippen molar-refractivity contribution in [1.82, 2.24) is 5.32 Å². The van der Waals surface area contributed by atoms with Gasteiger partial charge in [-0.25, -0.2) is 0 Å². The third-order valence-corrected chi connectivity index (χ3v) is 4.25. The highest BCUT2D eigenvalue weighted by atomic mass is 127. The Morgan fingerprint density at radius 3 is 2.54 bits per heavy atom. The van der Waals surface area contributed by atoms with Gasteiger partial charge in [0, 0.05) is 6.54 Å². The molecule has 136 valence electrons. The molecule has 7 heteroatoms. The van der Waals surface area contributed by atoms with Gasteiger partial charge in [0.15, 0.2) is 17.5 Å². The Morgan fingerprint density at radius 1 is 1.25 bits per heavy atom. The summed E-state index contributed by atoms with van der Waals surface area (Å²) in [6.45, 7) is 1.05. The average Bonchev–Trinajstić information content (AvgIpc) is 3.00. The number of benzene rings is 1. The van der Waals surface area contributed by atoms with E-state index in [9.17, 15) is 5.11 Å². The zero-order valence-corrected chi connectivity index (χ0v) is 16.7. The first-order valence-electron chi connectivity index (χ1n) is 8.03. The number of nitrogens with one attached hydrogen (secondary N) is 1. The van der Waals surface area contributed by atoms with Crippen LogP contribution >= 0.6 is 24.0 Å². The summed E-state index contributed by atoms with van der Waals surface area (Å²) in [7, 11) is 3.24. The lowest BCUT2D eigenvalue weighted by Crippen LogP contribution is -2.36. The van der Waals surface area contributed by atoms with Gasteiger partial charge in [-0.05, 0) is 37.0 Å². The van der Waals surface area contributed by atoms with Crippen LogP contribution in [0.2, 0.25) is 0 Å². The van der Waals surface area contributed by atoms with Gasteiger partial charge in [-0.15, -0.1) is 24.0 Å². The summed E-state index contributed by atoms with van der Waals surface area (Å²) in [6.07, 6.45) is 4.56. The maximum Gasteiger partial charge on any atom is 0.188 e. The minimum atomic E-state index is -0.657. The van der Waals surface area contributed by atoms with Gasteiger partial charge >= 0.3 is 0 Å². The number of halogens is 1. The molecule has 1 saturated carbocycles. The third-order valence-electron chi connectivity index (χ3n) is 4.25. The van der Waals surface area contributed by atoms with Crippen molar-refractivity contribution in [3.63, 3.8) is 0 Å². The highest BCUT2D eigenvalue weighted by molar-refractivity contribution is 14.0. The first-order chi connectivity index (χ1) is 11.1. The van der Waals surface area contributed by atoms with Crippen LogP contribution in [0, 0.1) is 0 Å². The summed E-state index contributed by atoms with van der Waals surface area (Å²) in [5.74, 6) is 1.82. The second-order valence-electron chi connectivity index (χ2n) is 6.00. The molecule has 6 nitrogen and oxygen atoms in total. The molecular formula is C17H28IN3O3. The highest BCUT2D eigenvalue weighted by Gasteiger charge is 2.30. The van der Waals surface area contributed by atoms with Crippen molar-refractivity contribution in [1.29, 1.82) is 0 Å². The average molecular weight is 449 g/mol. The van der Waals surface area contributed by atoms with Crippen LogP contribution in [0.15, 0.2) is 23.2 Å². The Labute approximate surface area is 160 Å². The van der Waals surface area contributed by atoms with Crippen LogP contribution in [0.4, 0.5) is 0 Å². The number of ether oxygens (including phenoxy) is 2. The number of nitrogens with zero attached hydrogens (tertiary/aromatic N) is 1. The van der Waals surface area contributed by atoms with Crippen molar-refractivity contribution in [3.05, 3.63) is 23.8 Å². The summed E-state index contributed by atoms with van der Waals surface area (Å²) in [6, 6.07) is 5.84. The molecule has 0 bridgehead atoms. The summed E-state index contributed by atoms with van der Waals surface area (Å²) in [5, 5.41) is 13.3. The predicted octanol–water partition coefficient (Wildman–Crippen LogP) is 2.07. The van der Waals surface area contributed by atoms with Crippen molar-refractivity contribution in [2.24, 2.45) is 10.7 Å². The van der Waals surface area contributed by atoms with Crippen molar-refractivity contribution >= 4 is 29.9 Å². The van der Waals surface area contributed by atoms with E-state index in [0.717, 1.165) is 49.2 Å². The van der Waals surface area contributed by atoms with Gasteiger partial charge in [-0.3, -0.25) is 4.99 Å². The van der Waals surface area contributed by atoms with Crippen LogP contribution in [0.1, 0.15) is 31.2 Å². The second-order valence-corrected chi connectivity index (χ2v) is 6.00. The zero-order chi connectivity index (χ0) is 16.7. The van der Waals surface area contributed by atoms with Crippen LogP contribution in [-0.4, -0.2) is 44.0 Å². The molecule has 0 unspecified atom stereocenters. The van der Waals surface area contributed by atoms with Gasteiger partial charge in [-0.1, -0.05) is 18.9 Å². The molecule has 1 aromatic rings. The number of hydrogen-bond donors (Lipinski definition) is 3. The first kappa shape index (κ1) is 20.8. The molecule has 0 atom stereocenters. The van der Waals surface area contributed by atoms with E-state index in [1.165, 1.54) is 0 Å². The summed E-state index contributed by atoms with van der Waals surface area (Å²) in [4.78, 5) is 4.26. The van der Waals surface area contributed by atoms with Crippen LogP contribution in [0.25, 0.3) is 0 Å². The number of aliphatic imine (C=N–C) groups is 1. The van der Waals surface area contributed by atoms with Crippen LogP contribution in [0.5, 0.6) is 11.5 Å². The maximum atomic E-state index is 10.2. The highest BCUT2D eigenvalue weighted by Crippen LogP contribution is 2.29. The van der Waals surface area contributed by atoms with Crippen LogP contribution < -0.4 is 20.5 Å². The molecule has 2 rings (SSSR count). The van der Waals surface area contributed by atoms with E-state index in [4.69, 9.17) is 15.2 Å². The van der Waals surface area contributed by atoms with Crippen molar-refractivity contribution < 1.29 is 14.6 Å². The van der Waals surface area contributed by atoms with E-state index in [-0.39, 0.29) is 24.0 Å². The quantitative estimate of drug-likeness (QED) is 0.337. The smallest absolute Gasteiger partial charge is 0.188 e. The molecule has 0 heterocycles. The molecule has 0 aliphatic heterocycles. The van der Waals surface area contributed by atoms with Crippen molar-refractivity contribution in [2.75, 3.05) is 27.3 Å². The van der Waals surface area contributed by atoms with E-state index in [2.05, 4.69) is 10.3 Å². The van der Waals surface area contributed by atoms with E-state index in [1.807, 2.05) is 18.2 Å². The fourth-order valence-corrected chi connectivity index (χ4v) is 2.85. The molecule has 1 aliphatic rings. The Morgan fingerprint density at radius 2 is 1.92 bits per heavy atom. The lowest BCUT2D eigenvalue weighted by molar-refractivity contribution is 0.0575. The summed E-state index contributed by atoms with van der Waals surface area (Å²) < 4.78 is 10.5. The Bertz CT molecular complexity index is 546. The predicted molar refractivity (Wildman–Crippen MR) is 107 cm³/mol. The van der Waals surface area contributed by atoms with Crippen molar-refractivity contribution in [2.45, 2.75) is 37.7 Å². The minimum Gasteiger partial charge on any atom is -0.493 e. The molecule has 0 saturated heterocycles. The van der Waals surface area contributed by atoms with Gasteiger partial charge in [-0.2, -0.15) is 0 Å². The molecular weight excluding hydrogens is 421 g/mol. The molecule has 1 fully saturated rings. The largest absolute Gasteiger partial charge is 0.493 e. The molecule has 1 aromatic carbocycles. The van der Waals surface area contributed by atoms with Gasteiger partial charge in [0.25, 0.3) is 0 Å². The van der Waals surface area contributed by atoms with E-state index in [1.54, 1.807) is 14.2 Å². The van der Waals surface area contributed by atoms with Gasteiger partial charge in [0.2, 0.25) is 0 Å². The first-order valence-corrected chi connectivity index (χ1v) is 8.03. The Hall–Kier alpha value is -1.22. The Kier molecular flexibility index (Phi) is 8.61. The molecule has 4 N–H and O–H groups in total. The third kappa shape index (κ3) is 6.01. The number of guanidine groups is 1. The fraction of sp³-hybridized carbons (Fsp3) is 0.588. The summed E-state index contributed by atoms with van der Waals surface area (Å²) in [5.41, 5.74) is 6.33. The SMILES string of the molecule is COc1ccc(CCNC(N)=NCC2(O)CCCC2)cc1OC.I. The topological polar surface area (TPSA) is 89.1 Å². The number of aliphatic hydroxyl groups is 1. The molecule has 0 spiro atoms. The minimum absolute atomic E-state index is 0. The Balaban J connectivity index is 0.00000288. The van der Waals surface area contributed by atoms with E-state index in [0.29, 0.717) is 19.0 Å². The second kappa shape index (κ2) is 9.93. The number of methoxy groups -OCH3 is 2. The van der Waals surface area contributed by atoms with E-state index < -0.39 is 5.60 Å². The molecule has 0 amide bonds. The number of rotatable bonds is 7. The van der Waals surface area contributed by atoms with Gasteiger partial charge in [0.05, 0.1) is 26.4 Å². The fourth-order valence-electron chi connectivity index (χ4n) is 2.85.